The van der Waals surface area contributed by atoms with Gasteiger partial charge in [-0.15, -0.1) is 11.6 Å². The van der Waals surface area contributed by atoms with Gasteiger partial charge in [-0.05, 0) is 18.6 Å². The van der Waals surface area contributed by atoms with E-state index in [4.69, 9.17) is 16.4 Å². The molecule has 4 nitrogen and oxygen atoms in total. The van der Waals surface area contributed by atoms with Crippen molar-refractivity contribution in [2.24, 2.45) is 5.16 Å². The van der Waals surface area contributed by atoms with Crippen LogP contribution in [-0.4, -0.2) is 24.9 Å². The molecular weight excluding hydrogens is 343 g/mol. The molecule has 1 heterocycles. The van der Waals surface area contributed by atoms with E-state index >= 15 is 0 Å². The Kier molecular flexibility index (Phi) is 4.45. The van der Waals surface area contributed by atoms with Crippen molar-refractivity contribution in [1.29, 1.82) is 0 Å². The quantitative estimate of drug-likeness (QED) is 0.781. The first-order valence-corrected chi connectivity index (χ1v) is 8.44. The molecule has 0 amide bonds. The van der Waals surface area contributed by atoms with E-state index in [1.165, 1.54) is 12.1 Å². The van der Waals surface area contributed by atoms with Crippen LogP contribution in [0, 0.1) is 0 Å². The average molecular weight is 356 g/mol. The highest BCUT2D eigenvalue weighted by atomic mass is 35.5. The van der Waals surface area contributed by atoms with Crippen LogP contribution < -0.4 is 0 Å². The molecule has 0 spiro atoms. The van der Waals surface area contributed by atoms with Gasteiger partial charge in [-0.2, -0.15) is 13.2 Å². The largest absolute Gasteiger partial charge is 0.416 e. The smallest absolute Gasteiger partial charge is 0.387 e. The van der Waals surface area contributed by atoms with Crippen molar-refractivity contribution in [2.75, 3.05) is 5.88 Å². The Morgan fingerprint density at radius 2 is 2.09 bits per heavy atom. The van der Waals surface area contributed by atoms with E-state index in [9.17, 15) is 21.6 Å². The lowest BCUT2D eigenvalue weighted by atomic mass is 10.1. The van der Waals surface area contributed by atoms with Gasteiger partial charge in [-0.3, -0.25) is 0 Å². The highest BCUT2D eigenvalue weighted by Crippen LogP contribution is 2.31. The molecule has 1 aliphatic heterocycles. The van der Waals surface area contributed by atoms with Crippen LogP contribution in [0.4, 0.5) is 13.2 Å². The Hall–Kier alpha value is -1.28. The van der Waals surface area contributed by atoms with Gasteiger partial charge in [-0.1, -0.05) is 23.4 Å². The van der Waals surface area contributed by atoms with E-state index in [1.54, 1.807) is 6.92 Å². The zero-order valence-corrected chi connectivity index (χ0v) is 13.1. The Bertz CT molecular complexity index is 703. The molecule has 0 saturated heterocycles. The third kappa shape index (κ3) is 3.73. The molecular formula is C13H13ClF3NO3S. The summed E-state index contributed by atoms with van der Waals surface area (Å²) in [5, 5.41) is 3.32. The van der Waals surface area contributed by atoms with Crippen molar-refractivity contribution in [1.82, 2.24) is 0 Å². The van der Waals surface area contributed by atoms with Crippen molar-refractivity contribution in [2.45, 2.75) is 30.9 Å². The van der Waals surface area contributed by atoms with E-state index in [0.29, 0.717) is 0 Å². The van der Waals surface area contributed by atoms with E-state index in [1.807, 2.05) is 0 Å². The summed E-state index contributed by atoms with van der Waals surface area (Å²) in [4.78, 5) is 5.00. The monoisotopic (exact) mass is 355 g/mol. The van der Waals surface area contributed by atoms with Crippen LogP contribution in [0.25, 0.3) is 0 Å². The molecule has 1 aromatic carbocycles. The number of halogens is 4. The van der Waals surface area contributed by atoms with Crippen LogP contribution in [0.5, 0.6) is 0 Å². The van der Waals surface area contributed by atoms with Crippen LogP contribution in [0.15, 0.2) is 29.4 Å². The highest BCUT2D eigenvalue weighted by molar-refractivity contribution is 8.05. The van der Waals surface area contributed by atoms with Crippen molar-refractivity contribution in [3.05, 3.63) is 35.4 Å². The molecule has 9 heteroatoms. The number of rotatable bonds is 3. The maximum atomic E-state index is 12.6. The van der Waals surface area contributed by atoms with Crippen LogP contribution in [-0.2, 0) is 26.6 Å². The lowest BCUT2D eigenvalue weighted by Crippen LogP contribution is -2.28. The Morgan fingerprint density at radius 3 is 2.64 bits per heavy atom. The molecule has 0 saturated carbocycles. The number of sulfone groups is 1. The Morgan fingerprint density at radius 1 is 1.41 bits per heavy atom. The maximum Gasteiger partial charge on any atom is 0.416 e. The SMILES string of the molecule is CC1(CCl)CC(S(=O)(=O)Cc2cccc(C(F)(F)F)c2)=NO1. The normalized spacial score (nSPS) is 22.3. The second kappa shape index (κ2) is 5.73. The highest BCUT2D eigenvalue weighted by Gasteiger charge is 2.39. The number of hydrogen-bond donors (Lipinski definition) is 0. The third-order valence-electron chi connectivity index (χ3n) is 3.15. The summed E-state index contributed by atoms with van der Waals surface area (Å²) in [6.07, 6.45) is -4.53. The molecule has 1 atom stereocenters. The fourth-order valence-electron chi connectivity index (χ4n) is 1.92. The molecule has 2 rings (SSSR count). The lowest BCUT2D eigenvalue weighted by molar-refractivity contribution is -0.137. The summed E-state index contributed by atoms with van der Waals surface area (Å²) >= 11 is 5.68. The van der Waals surface area contributed by atoms with Crippen LogP contribution in [0.2, 0.25) is 0 Å². The molecule has 1 aliphatic rings. The molecule has 1 aromatic rings. The fraction of sp³-hybridized carbons (Fsp3) is 0.462. The second-order valence-electron chi connectivity index (χ2n) is 5.29. The second-order valence-corrected chi connectivity index (χ2v) is 7.55. The molecule has 0 radical (unpaired) electrons. The first-order valence-electron chi connectivity index (χ1n) is 6.26. The van der Waals surface area contributed by atoms with E-state index < -0.39 is 32.9 Å². The van der Waals surface area contributed by atoms with Crippen molar-refractivity contribution >= 4 is 26.5 Å². The van der Waals surface area contributed by atoms with Gasteiger partial charge in [0.2, 0.25) is 0 Å². The van der Waals surface area contributed by atoms with E-state index in [0.717, 1.165) is 12.1 Å². The zero-order valence-electron chi connectivity index (χ0n) is 11.5. The molecule has 0 bridgehead atoms. The summed E-state index contributed by atoms with van der Waals surface area (Å²) in [7, 11) is -3.86. The Balaban J connectivity index is 2.20. The molecule has 22 heavy (non-hydrogen) atoms. The molecule has 1 unspecified atom stereocenters. The fourth-order valence-corrected chi connectivity index (χ4v) is 3.53. The number of hydrogen-bond acceptors (Lipinski definition) is 4. The number of benzene rings is 1. The van der Waals surface area contributed by atoms with Gasteiger partial charge in [0.1, 0.15) is 0 Å². The first-order chi connectivity index (χ1) is 10.1. The van der Waals surface area contributed by atoms with Gasteiger partial charge in [0, 0.05) is 6.42 Å². The first kappa shape index (κ1) is 17.1. The topological polar surface area (TPSA) is 55.7 Å². The van der Waals surface area contributed by atoms with Gasteiger partial charge in [0.25, 0.3) is 0 Å². The maximum absolute atomic E-state index is 12.6. The molecule has 122 valence electrons. The summed E-state index contributed by atoms with van der Waals surface area (Å²) in [6.45, 7) is 1.61. The number of nitrogens with zero attached hydrogens (tertiary/aromatic N) is 1. The third-order valence-corrected chi connectivity index (χ3v) is 5.36. The molecule has 0 aromatic heterocycles. The Labute approximate surface area is 130 Å². The van der Waals surface area contributed by atoms with Crippen molar-refractivity contribution < 1.29 is 26.4 Å². The van der Waals surface area contributed by atoms with Gasteiger partial charge < -0.3 is 4.84 Å². The van der Waals surface area contributed by atoms with Crippen LogP contribution in [0.1, 0.15) is 24.5 Å². The predicted molar refractivity (Wildman–Crippen MR) is 76.3 cm³/mol. The minimum Gasteiger partial charge on any atom is -0.387 e. The van der Waals surface area contributed by atoms with Gasteiger partial charge >= 0.3 is 6.18 Å². The van der Waals surface area contributed by atoms with Gasteiger partial charge in [0.05, 0.1) is 17.2 Å². The molecule has 0 N–H and O–H groups in total. The predicted octanol–water partition coefficient (Wildman–Crippen LogP) is 3.35. The van der Waals surface area contributed by atoms with Crippen LogP contribution in [0.3, 0.4) is 0 Å². The summed E-state index contributed by atoms with van der Waals surface area (Å²) in [5.74, 6) is -0.517. The van der Waals surface area contributed by atoms with Crippen LogP contribution >= 0.6 is 11.6 Å². The minimum absolute atomic E-state index is 0.00219. The molecule has 0 aliphatic carbocycles. The number of alkyl halides is 4. The van der Waals surface area contributed by atoms with Crippen molar-refractivity contribution in [3.8, 4) is 0 Å². The van der Waals surface area contributed by atoms with E-state index in [2.05, 4.69) is 5.16 Å². The van der Waals surface area contributed by atoms with Crippen molar-refractivity contribution in [3.63, 3.8) is 0 Å². The van der Waals surface area contributed by atoms with Gasteiger partial charge in [-0.25, -0.2) is 8.42 Å². The minimum atomic E-state index is -4.52. The summed E-state index contributed by atoms with van der Waals surface area (Å²) in [6, 6.07) is 4.19. The molecule has 0 fully saturated rings. The van der Waals surface area contributed by atoms with E-state index in [-0.39, 0.29) is 22.9 Å². The zero-order chi connectivity index (χ0) is 16.6. The average Bonchev–Trinajstić information content (AvgIpc) is 2.82. The van der Waals surface area contributed by atoms with Gasteiger partial charge in [0.15, 0.2) is 20.5 Å². The lowest BCUT2D eigenvalue weighted by Gasteiger charge is -2.16. The summed E-state index contributed by atoms with van der Waals surface area (Å²) < 4.78 is 62.4. The number of oxime groups is 1. The standard InChI is InChI=1S/C13H13ClF3NO3S/c1-12(8-14)6-11(18-21-12)22(19,20)7-9-3-2-4-10(5-9)13(15,16)17/h2-5H,6-8H2,1H3. The summed E-state index contributed by atoms with van der Waals surface area (Å²) in [5.41, 5.74) is -1.76.